The van der Waals surface area contributed by atoms with Crippen LogP contribution in [0, 0.1) is 11.3 Å². The smallest absolute Gasteiger partial charge is 0.206 e. The summed E-state index contributed by atoms with van der Waals surface area (Å²) in [7, 11) is -2.20. The summed E-state index contributed by atoms with van der Waals surface area (Å²) in [5.41, 5.74) is -0.931. The lowest BCUT2D eigenvalue weighted by Gasteiger charge is -2.37. The Kier molecular flexibility index (Phi) is 4.82. The number of sulfonamides is 1. The van der Waals surface area contributed by atoms with Crippen LogP contribution in [0.15, 0.2) is 14.1 Å². The van der Waals surface area contributed by atoms with Crippen LogP contribution in [-0.4, -0.2) is 25.3 Å². The van der Waals surface area contributed by atoms with Gasteiger partial charge < -0.3 is 0 Å². The molecule has 2 rings (SSSR count). The van der Waals surface area contributed by atoms with Gasteiger partial charge in [-0.1, -0.05) is 30.9 Å². The molecule has 0 radical (unpaired) electrons. The van der Waals surface area contributed by atoms with Crippen molar-refractivity contribution in [3.63, 3.8) is 0 Å². The predicted molar refractivity (Wildman–Crippen MR) is 83.4 cm³/mol. The van der Waals surface area contributed by atoms with E-state index in [1.54, 1.807) is 0 Å². The summed E-state index contributed by atoms with van der Waals surface area (Å²) in [5.74, 6) is 0. The zero-order valence-electron chi connectivity index (χ0n) is 10.9. The first-order valence-electron chi connectivity index (χ1n) is 6.19. The maximum Gasteiger partial charge on any atom is 0.253 e. The standard InChI is InChI=1S/C12H14BrClN2O2S2/c1-16(12(8-15)5-3-2-4-6-12)20(17,18)10-7-9(14)11(13)19-10/h7H,2-6H2,1H3. The fourth-order valence-corrected chi connectivity index (χ4v) is 6.50. The topological polar surface area (TPSA) is 61.2 Å². The third-order valence-corrected chi connectivity index (χ3v) is 8.58. The molecule has 0 N–H and O–H groups in total. The fraction of sp³-hybridized carbons (Fsp3) is 0.583. The Labute approximate surface area is 136 Å². The van der Waals surface area contributed by atoms with Gasteiger partial charge in [-0.05, 0) is 34.8 Å². The zero-order valence-corrected chi connectivity index (χ0v) is 14.9. The second-order valence-electron chi connectivity index (χ2n) is 4.86. The number of hydrogen-bond donors (Lipinski definition) is 0. The van der Waals surface area contributed by atoms with E-state index < -0.39 is 15.6 Å². The molecule has 1 fully saturated rings. The minimum absolute atomic E-state index is 0.164. The summed E-state index contributed by atoms with van der Waals surface area (Å²) in [5, 5.41) is 9.87. The number of rotatable bonds is 3. The lowest BCUT2D eigenvalue weighted by molar-refractivity contribution is 0.213. The predicted octanol–water partition coefficient (Wildman–Crippen LogP) is 4.01. The summed E-state index contributed by atoms with van der Waals surface area (Å²) in [6, 6.07) is 3.65. The van der Waals surface area contributed by atoms with E-state index in [1.165, 1.54) is 17.4 Å². The van der Waals surface area contributed by atoms with Gasteiger partial charge >= 0.3 is 0 Å². The third-order valence-electron chi connectivity index (χ3n) is 3.73. The van der Waals surface area contributed by atoms with Crippen molar-refractivity contribution in [2.24, 2.45) is 0 Å². The van der Waals surface area contributed by atoms with Gasteiger partial charge in [0.1, 0.15) is 9.75 Å². The van der Waals surface area contributed by atoms with Gasteiger partial charge in [0.2, 0.25) is 0 Å². The van der Waals surface area contributed by atoms with Crippen LogP contribution in [0.2, 0.25) is 5.02 Å². The number of hydrogen-bond acceptors (Lipinski definition) is 4. The molecule has 4 nitrogen and oxygen atoms in total. The highest BCUT2D eigenvalue weighted by atomic mass is 79.9. The molecule has 8 heteroatoms. The Morgan fingerprint density at radius 2 is 2.05 bits per heavy atom. The molecule has 0 amide bonds. The van der Waals surface area contributed by atoms with Crippen LogP contribution >= 0.6 is 38.9 Å². The second-order valence-corrected chi connectivity index (χ2v) is 9.84. The largest absolute Gasteiger partial charge is 0.253 e. The van der Waals surface area contributed by atoms with E-state index in [0.29, 0.717) is 21.7 Å². The first-order valence-corrected chi connectivity index (χ1v) is 9.61. The van der Waals surface area contributed by atoms with Gasteiger partial charge in [0, 0.05) is 7.05 Å². The lowest BCUT2D eigenvalue weighted by atomic mass is 9.83. The van der Waals surface area contributed by atoms with Crippen LogP contribution in [0.1, 0.15) is 32.1 Å². The molecule has 0 aliphatic heterocycles. The molecule has 1 aromatic heterocycles. The minimum Gasteiger partial charge on any atom is -0.206 e. The van der Waals surface area contributed by atoms with Gasteiger partial charge in [-0.25, -0.2) is 8.42 Å². The number of thiophene rings is 1. The van der Waals surface area contributed by atoms with E-state index in [0.717, 1.165) is 30.6 Å². The quantitative estimate of drug-likeness (QED) is 0.774. The first-order chi connectivity index (χ1) is 9.33. The molecular weight excluding hydrogens is 384 g/mol. The Hall–Kier alpha value is -0.130. The number of nitriles is 1. The lowest BCUT2D eigenvalue weighted by Crippen LogP contribution is -2.49. The fourth-order valence-electron chi connectivity index (χ4n) is 2.45. The van der Waals surface area contributed by atoms with Crippen molar-refractivity contribution in [1.82, 2.24) is 4.31 Å². The molecule has 1 aliphatic carbocycles. The highest BCUT2D eigenvalue weighted by Crippen LogP contribution is 2.40. The summed E-state index contributed by atoms with van der Waals surface area (Å²) in [6.07, 6.45) is 3.97. The van der Waals surface area contributed by atoms with Crippen LogP contribution in [0.4, 0.5) is 0 Å². The molecule has 0 spiro atoms. The second kappa shape index (κ2) is 5.93. The summed E-state index contributed by atoms with van der Waals surface area (Å²) in [4.78, 5) is 0. The van der Waals surface area contributed by atoms with E-state index in [9.17, 15) is 13.7 Å². The van der Waals surface area contributed by atoms with Gasteiger partial charge in [-0.2, -0.15) is 9.57 Å². The van der Waals surface area contributed by atoms with E-state index in [4.69, 9.17) is 11.6 Å². The highest BCUT2D eigenvalue weighted by Gasteiger charge is 2.43. The SMILES string of the molecule is CN(C1(C#N)CCCCC1)S(=O)(=O)c1cc(Cl)c(Br)s1. The van der Waals surface area contributed by atoms with Crippen LogP contribution < -0.4 is 0 Å². The Bertz CT molecular complexity index is 625. The zero-order chi connectivity index (χ0) is 15.0. The summed E-state index contributed by atoms with van der Waals surface area (Å²) >= 11 is 10.2. The van der Waals surface area contributed by atoms with Gasteiger partial charge in [0.15, 0.2) is 0 Å². The van der Waals surface area contributed by atoms with Crippen molar-refractivity contribution in [3.8, 4) is 6.07 Å². The first kappa shape index (κ1) is 16.2. The van der Waals surface area contributed by atoms with Gasteiger partial charge in [0.05, 0.1) is 14.9 Å². The maximum atomic E-state index is 12.7. The Morgan fingerprint density at radius 3 is 2.50 bits per heavy atom. The van der Waals surface area contributed by atoms with Crippen molar-refractivity contribution in [1.29, 1.82) is 5.26 Å². The normalized spacial score (nSPS) is 18.9. The Balaban J connectivity index is 2.40. The average Bonchev–Trinajstić information content (AvgIpc) is 2.79. The summed E-state index contributed by atoms with van der Waals surface area (Å²) < 4.78 is 27.3. The number of nitrogens with zero attached hydrogens (tertiary/aromatic N) is 2. The molecular formula is C12H14BrClN2O2S2. The molecule has 0 aromatic carbocycles. The van der Waals surface area contributed by atoms with Crippen LogP contribution in [0.25, 0.3) is 0 Å². The number of halogens is 2. The molecule has 0 bridgehead atoms. The van der Waals surface area contributed by atoms with E-state index in [1.807, 2.05) is 0 Å². The molecule has 0 atom stereocenters. The van der Waals surface area contributed by atoms with Crippen LogP contribution in [0.5, 0.6) is 0 Å². The van der Waals surface area contributed by atoms with Gasteiger partial charge in [0.25, 0.3) is 10.0 Å². The van der Waals surface area contributed by atoms with Crippen molar-refractivity contribution in [2.45, 2.75) is 41.9 Å². The molecule has 110 valence electrons. The van der Waals surface area contributed by atoms with Crippen LogP contribution in [-0.2, 0) is 10.0 Å². The molecule has 1 heterocycles. The van der Waals surface area contributed by atoms with Crippen molar-refractivity contribution in [3.05, 3.63) is 14.9 Å². The molecule has 1 aliphatic rings. The highest BCUT2D eigenvalue weighted by molar-refractivity contribution is 9.11. The van der Waals surface area contributed by atoms with Crippen LogP contribution in [0.3, 0.4) is 0 Å². The monoisotopic (exact) mass is 396 g/mol. The summed E-state index contributed by atoms with van der Waals surface area (Å²) in [6.45, 7) is 0. The van der Waals surface area contributed by atoms with Gasteiger partial charge in [-0.3, -0.25) is 0 Å². The van der Waals surface area contributed by atoms with E-state index in [2.05, 4.69) is 22.0 Å². The molecule has 1 saturated carbocycles. The van der Waals surface area contributed by atoms with Crippen molar-refractivity contribution >= 4 is 48.9 Å². The third kappa shape index (κ3) is 2.77. The molecule has 1 aromatic rings. The molecule has 0 unspecified atom stereocenters. The van der Waals surface area contributed by atoms with E-state index in [-0.39, 0.29) is 4.21 Å². The Morgan fingerprint density at radius 1 is 1.45 bits per heavy atom. The van der Waals surface area contributed by atoms with E-state index >= 15 is 0 Å². The van der Waals surface area contributed by atoms with Crippen molar-refractivity contribution in [2.75, 3.05) is 7.05 Å². The molecule has 20 heavy (non-hydrogen) atoms. The average molecular weight is 398 g/mol. The minimum atomic E-state index is -3.70. The van der Waals surface area contributed by atoms with Crippen molar-refractivity contribution < 1.29 is 8.42 Å². The molecule has 0 saturated heterocycles. The van der Waals surface area contributed by atoms with Gasteiger partial charge in [-0.15, -0.1) is 11.3 Å². The maximum absolute atomic E-state index is 12.7.